The lowest BCUT2D eigenvalue weighted by atomic mass is 10.2. The molecule has 0 aliphatic rings. The minimum Gasteiger partial charge on any atom is -0.326 e. The molecule has 2 nitrogen and oxygen atoms in total. The molecule has 0 aliphatic carbocycles. The van der Waals surface area contributed by atoms with Crippen LogP contribution in [0.3, 0.4) is 0 Å². The van der Waals surface area contributed by atoms with E-state index in [4.69, 9.17) is 5.73 Å². The van der Waals surface area contributed by atoms with Gasteiger partial charge >= 0.3 is 0 Å². The van der Waals surface area contributed by atoms with Gasteiger partial charge in [-0.1, -0.05) is 5.57 Å². The Bertz CT molecular complexity index is 142. The standard InChI is InChI=1S/C7H14N2.C2H4/c1-6(2)7(4-8)5-9-3;1-2/h5H,4,8H2,1-3H3;1-2H2. The molecule has 0 heterocycles. The van der Waals surface area contributed by atoms with E-state index in [-0.39, 0.29) is 0 Å². The maximum atomic E-state index is 5.41. The van der Waals surface area contributed by atoms with Crippen molar-refractivity contribution in [3.8, 4) is 0 Å². The number of nitrogens with zero attached hydrogens (tertiary/aromatic N) is 1. The Hall–Kier alpha value is -0.890. The second-order valence-corrected chi connectivity index (χ2v) is 2.12. The normalized spacial score (nSPS) is 8.73. The maximum Gasteiger partial charge on any atom is 0.0277 e. The van der Waals surface area contributed by atoms with Gasteiger partial charge in [0.2, 0.25) is 0 Å². The first-order valence-corrected chi connectivity index (χ1v) is 3.51. The summed E-state index contributed by atoms with van der Waals surface area (Å²) in [4.78, 5) is 3.87. The summed E-state index contributed by atoms with van der Waals surface area (Å²) in [6.45, 7) is 10.6. The summed E-state index contributed by atoms with van der Waals surface area (Å²) in [5.41, 5.74) is 7.77. The topological polar surface area (TPSA) is 38.4 Å². The SMILES string of the molecule is C=C.CN=CC(CN)=C(C)C. The number of allylic oxidation sites excluding steroid dienone is 1. The van der Waals surface area contributed by atoms with Gasteiger partial charge in [0, 0.05) is 19.8 Å². The lowest BCUT2D eigenvalue weighted by molar-refractivity contribution is 1.16. The summed E-state index contributed by atoms with van der Waals surface area (Å²) in [5.74, 6) is 0. The fraction of sp³-hybridized carbons (Fsp3) is 0.444. The summed E-state index contributed by atoms with van der Waals surface area (Å²) < 4.78 is 0. The van der Waals surface area contributed by atoms with E-state index in [2.05, 4.69) is 18.2 Å². The van der Waals surface area contributed by atoms with E-state index < -0.39 is 0 Å². The first-order valence-electron chi connectivity index (χ1n) is 3.51. The molecule has 0 aromatic carbocycles. The van der Waals surface area contributed by atoms with Crippen LogP contribution in [-0.4, -0.2) is 19.8 Å². The van der Waals surface area contributed by atoms with Gasteiger partial charge in [-0.05, 0) is 19.4 Å². The van der Waals surface area contributed by atoms with Crippen LogP contribution in [0, 0.1) is 0 Å². The molecule has 0 bridgehead atoms. The molecule has 0 saturated heterocycles. The van der Waals surface area contributed by atoms with Crippen molar-refractivity contribution < 1.29 is 0 Å². The summed E-state index contributed by atoms with van der Waals surface area (Å²) in [6, 6.07) is 0. The molecule has 0 unspecified atom stereocenters. The largest absolute Gasteiger partial charge is 0.326 e. The van der Waals surface area contributed by atoms with Gasteiger partial charge in [0.05, 0.1) is 0 Å². The van der Waals surface area contributed by atoms with Gasteiger partial charge in [-0.2, -0.15) is 0 Å². The fourth-order valence-corrected chi connectivity index (χ4v) is 0.542. The van der Waals surface area contributed by atoms with Gasteiger partial charge in [-0.15, -0.1) is 13.2 Å². The Labute approximate surface area is 69.5 Å². The van der Waals surface area contributed by atoms with Crippen LogP contribution in [0.4, 0.5) is 0 Å². The summed E-state index contributed by atoms with van der Waals surface area (Å²) in [5, 5.41) is 0. The van der Waals surface area contributed by atoms with Crippen LogP contribution in [-0.2, 0) is 0 Å². The molecule has 0 aromatic rings. The molecule has 0 spiro atoms. The van der Waals surface area contributed by atoms with Crippen LogP contribution < -0.4 is 5.73 Å². The number of nitrogens with two attached hydrogens (primary N) is 1. The van der Waals surface area contributed by atoms with Gasteiger partial charge in [0.1, 0.15) is 0 Å². The van der Waals surface area contributed by atoms with Crippen molar-refractivity contribution in [1.82, 2.24) is 0 Å². The van der Waals surface area contributed by atoms with E-state index in [0.717, 1.165) is 5.57 Å². The molecule has 0 atom stereocenters. The summed E-state index contributed by atoms with van der Waals surface area (Å²) >= 11 is 0. The van der Waals surface area contributed by atoms with Crippen LogP contribution in [0.5, 0.6) is 0 Å². The minimum absolute atomic E-state index is 0.583. The van der Waals surface area contributed by atoms with Crippen molar-refractivity contribution in [3.63, 3.8) is 0 Å². The average Bonchev–Trinajstić information content (AvgIpc) is 2.03. The predicted octanol–water partition coefficient (Wildman–Crippen LogP) is 1.78. The van der Waals surface area contributed by atoms with Gasteiger partial charge in [0.15, 0.2) is 0 Å². The van der Waals surface area contributed by atoms with Crippen LogP contribution in [0.2, 0.25) is 0 Å². The zero-order valence-electron chi connectivity index (χ0n) is 7.72. The van der Waals surface area contributed by atoms with Crippen LogP contribution in [0.25, 0.3) is 0 Å². The molecule has 0 fully saturated rings. The molecule has 2 N–H and O–H groups in total. The highest BCUT2D eigenvalue weighted by atomic mass is 14.6. The highest BCUT2D eigenvalue weighted by molar-refractivity contribution is 5.79. The molecular formula is C9H18N2. The molecule has 0 saturated carbocycles. The molecule has 0 rings (SSSR count). The minimum atomic E-state index is 0.583. The molecule has 0 amide bonds. The van der Waals surface area contributed by atoms with E-state index in [0.29, 0.717) is 6.54 Å². The zero-order chi connectivity index (χ0) is 9.28. The Morgan fingerprint density at radius 1 is 1.45 bits per heavy atom. The molecule has 0 aliphatic heterocycles. The molecule has 0 radical (unpaired) electrons. The van der Waals surface area contributed by atoms with Crippen LogP contribution >= 0.6 is 0 Å². The van der Waals surface area contributed by atoms with E-state index in [9.17, 15) is 0 Å². The first-order chi connectivity index (χ1) is 5.22. The third-order valence-corrected chi connectivity index (χ3v) is 1.15. The van der Waals surface area contributed by atoms with Gasteiger partial charge in [-0.25, -0.2) is 0 Å². The lowest BCUT2D eigenvalue weighted by Crippen LogP contribution is -2.05. The summed E-state index contributed by atoms with van der Waals surface area (Å²) in [7, 11) is 1.75. The number of aliphatic imine (C=N–C) groups is 1. The average molecular weight is 154 g/mol. The number of hydrogen-bond acceptors (Lipinski definition) is 2. The van der Waals surface area contributed by atoms with E-state index in [1.807, 2.05) is 13.8 Å². The Morgan fingerprint density at radius 3 is 2.00 bits per heavy atom. The fourth-order valence-electron chi connectivity index (χ4n) is 0.542. The molecular weight excluding hydrogens is 136 g/mol. The smallest absolute Gasteiger partial charge is 0.0277 e. The van der Waals surface area contributed by atoms with Crippen molar-refractivity contribution in [2.75, 3.05) is 13.6 Å². The summed E-state index contributed by atoms with van der Waals surface area (Å²) in [6.07, 6.45) is 1.80. The van der Waals surface area contributed by atoms with Crippen molar-refractivity contribution in [2.24, 2.45) is 10.7 Å². The Morgan fingerprint density at radius 2 is 1.91 bits per heavy atom. The molecule has 0 aromatic heterocycles. The highest BCUT2D eigenvalue weighted by Crippen LogP contribution is 1.96. The van der Waals surface area contributed by atoms with Crippen molar-refractivity contribution in [1.29, 1.82) is 0 Å². The third kappa shape index (κ3) is 7.00. The van der Waals surface area contributed by atoms with E-state index >= 15 is 0 Å². The lowest BCUT2D eigenvalue weighted by Gasteiger charge is -1.97. The van der Waals surface area contributed by atoms with Crippen LogP contribution in [0.1, 0.15) is 13.8 Å². The molecule has 2 heteroatoms. The van der Waals surface area contributed by atoms with Gasteiger partial charge in [0.25, 0.3) is 0 Å². The van der Waals surface area contributed by atoms with Crippen molar-refractivity contribution in [2.45, 2.75) is 13.8 Å². The first kappa shape index (κ1) is 12.8. The zero-order valence-corrected chi connectivity index (χ0v) is 7.72. The Balaban J connectivity index is 0. The number of hydrogen-bond donors (Lipinski definition) is 1. The maximum absolute atomic E-state index is 5.41. The second-order valence-electron chi connectivity index (χ2n) is 2.12. The molecule has 11 heavy (non-hydrogen) atoms. The molecule has 64 valence electrons. The van der Waals surface area contributed by atoms with Gasteiger partial charge < -0.3 is 5.73 Å². The second kappa shape index (κ2) is 9.11. The third-order valence-electron chi connectivity index (χ3n) is 1.15. The quantitative estimate of drug-likeness (QED) is 0.478. The monoisotopic (exact) mass is 154 g/mol. The Kier molecular flexibility index (Phi) is 10.6. The van der Waals surface area contributed by atoms with E-state index in [1.54, 1.807) is 13.3 Å². The number of rotatable bonds is 2. The van der Waals surface area contributed by atoms with Gasteiger partial charge in [-0.3, -0.25) is 4.99 Å². The highest BCUT2D eigenvalue weighted by Gasteiger charge is 1.89. The predicted molar refractivity (Wildman–Crippen MR) is 53.1 cm³/mol. The van der Waals surface area contributed by atoms with Crippen molar-refractivity contribution >= 4 is 6.21 Å². The van der Waals surface area contributed by atoms with E-state index in [1.165, 1.54) is 5.57 Å². The van der Waals surface area contributed by atoms with Crippen molar-refractivity contribution in [3.05, 3.63) is 24.3 Å². The van der Waals surface area contributed by atoms with Crippen LogP contribution in [0.15, 0.2) is 29.3 Å².